The molecule has 0 unspecified atom stereocenters. The summed E-state index contributed by atoms with van der Waals surface area (Å²) in [5.41, 5.74) is 2.93. The minimum Gasteiger partial charge on any atom is -0.465 e. The van der Waals surface area contributed by atoms with Crippen LogP contribution in [0.4, 0.5) is 5.69 Å². The summed E-state index contributed by atoms with van der Waals surface area (Å²) in [5, 5.41) is 7.34. The van der Waals surface area contributed by atoms with Gasteiger partial charge in [0.05, 0.1) is 24.6 Å². The Balaban J connectivity index is 1.52. The smallest absolute Gasteiger partial charge is 0.337 e. The topological polar surface area (TPSA) is 108 Å². The molecule has 0 radical (unpaired) electrons. The van der Waals surface area contributed by atoms with Gasteiger partial charge in [0.1, 0.15) is 18.3 Å². The molecule has 0 spiro atoms. The molecule has 0 aliphatic carbocycles. The van der Waals surface area contributed by atoms with E-state index in [1.54, 1.807) is 28.9 Å². The number of amides is 1. The van der Waals surface area contributed by atoms with Crippen molar-refractivity contribution in [1.82, 2.24) is 19.3 Å². The van der Waals surface area contributed by atoms with Crippen molar-refractivity contribution in [2.75, 3.05) is 12.4 Å². The van der Waals surface area contributed by atoms with Crippen LogP contribution < -0.4 is 10.9 Å². The Morgan fingerprint density at radius 2 is 1.76 bits per heavy atom. The zero-order valence-corrected chi connectivity index (χ0v) is 18.5. The molecule has 0 atom stereocenters. The second-order valence-corrected chi connectivity index (χ2v) is 7.83. The summed E-state index contributed by atoms with van der Waals surface area (Å²) >= 11 is 0. The lowest BCUT2D eigenvalue weighted by Gasteiger charge is -2.09. The number of hydrogen-bond acceptors (Lipinski definition) is 6. The number of rotatable bonds is 6. The van der Waals surface area contributed by atoms with Crippen LogP contribution in [-0.4, -0.2) is 38.3 Å². The molecule has 33 heavy (non-hydrogen) atoms. The van der Waals surface area contributed by atoms with Crippen molar-refractivity contribution in [3.8, 4) is 5.69 Å². The van der Waals surface area contributed by atoms with E-state index in [9.17, 15) is 14.4 Å². The quantitative estimate of drug-likeness (QED) is 0.457. The minimum atomic E-state index is -0.463. The number of hydrogen-bond donors (Lipinski definition) is 1. The van der Waals surface area contributed by atoms with Gasteiger partial charge in [0, 0.05) is 5.69 Å². The largest absolute Gasteiger partial charge is 0.465 e. The number of nitrogens with zero attached hydrogens (tertiary/aromatic N) is 4. The maximum atomic E-state index is 12.9. The van der Waals surface area contributed by atoms with Gasteiger partial charge in [-0.25, -0.2) is 14.5 Å². The lowest BCUT2D eigenvalue weighted by atomic mass is 10.0. The van der Waals surface area contributed by atoms with Crippen molar-refractivity contribution in [3.63, 3.8) is 0 Å². The zero-order chi connectivity index (χ0) is 23.5. The zero-order valence-electron chi connectivity index (χ0n) is 18.5. The monoisotopic (exact) mass is 445 g/mol. The Labute approximate surface area is 189 Å². The number of anilines is 1. The number of carbonyl (C=O) groups excluding carboxylic acids is 2. The summed E-state index contributed by atoms with van der Waals surface area (Å²) in [6.45, 7) is 4.03. The second kappa shape index (κ2) is 9.07. The van der Waals surface area contributed by atoms with E-state index in [-0.39, 0.29) is 12.1 Å². The predicted octanol–water partition coefficient (Wildman–Crippen LogP) is 3.13. The number of methoxy groups -OCH3 is 1. The highest BCUT2D eigenvalue weighted by Crippen LogP contribution is 2.18. The molecule has 1 N–H and O–H groups in total. The van der Waals surface area contributed by atoms with Gasteiger partial charge in [-0.2, -0.15) is 5.10 Å². The van der Waals surface area contributed by atoms with Gasteiger partial charge < -0.3 is 10.1 Å². The van der Waals surface area contributed by atoms with E-state index in [1.807, 2.05) is 24.3 Å². The number of nitrogens with one attached hydrogen (secondary N) is 1. The van der Waals surface area contributed by atoms with Crippen LogP contribution >= 0.6 is 0 Å². The predicted molar refractivity (Wildman–Crippen MR) is 124 cm³/mol. The van der Waals surface area contributed by atoms with Gasteiger partial charge in [-0.1, -0.05) is 26.0 Å². The van der Waals surface area contributed by atoms with Crippen LogP contribution in [0.3, 0.4) is 0 Å². The highest BCUT2D eigenvalue weighted by atomic mass is 16.5. The van der Waals surface area contributed by atoms with E-state index in [4.69, 9.17) is 0 Å². The lowest BCUT2D eigenvalue weighted by molar-refractivity contribution is -0.116. The van der Waals surface area contributed by atoms with Crippen LogP contribution in [0.1, 0.15) is 35.7 Å². The van der Waals surface area contributed by atoms with Crippen molar-refractivity contribution >= 4 is 28.6 Å². The first-order chi connectivity index (χ1) is 15.9. The summed E-state index contributed by atoms with van der Waals surface area (Å²) in [6, 6.07) is 14.2. The van der Waals surface area contributed by atoms with Crippen LogP contribution in [0.25, 0.3) is 16.7 Å². The number of aromatic nitrogens is 4. The third kappa shape index (κ3) is 4.52. The summed E-state index contributed by atoms with van der Waals surface area (Å²) in [4.78, 5) is 41.2. The Bertz CT molecular complexity index is 1370. The molecule has 9 heteroatoms. The molecular weight excluding hydrogens is 422 g/mol. The van der Waals surface area contributed by atoms with Crippen LogP contribution in [0.2, 0.25) is 0 Å². The number of carbonyl (C=O) groups is 2. The van der Waals surface area contributed by atoms with Crippen LogP contribution in [0.5, 0.6) is 0 Å². The molecule has 0 fully saturated rings. The molecule has 2 heterocycles. The molecule has 168 valence electrons. The number of fused-ring (bicyclic) bond motifs is 1. The highest BCUT2D eigenvalue weighted by Gasteiger charge is 2.14. The molecule has 0 saturated carbocycles. The van der Waals surface area contributed by atoms with Gasteiger partial charge in [0.15, 0.2) is 5.65 Å². The number of ether oxygens (including phenoxy) is 1. The third-order valence-corrected chi connectivity index (χ3v) is 5.26. The summed E-state index contributed by atoms with van der Waals surface area (Å²) in [7, 11) is 1.30. The average Bonchev–Trinajstić information content (AvgIpc) is 3.26. The van der Waals surface area contributed by atoms with Gasteiger partial charge in [-0.3, -0.25) is 14.2 Å². The molecule has 1 amide bonds. The van der Waals surface area contributed by atoms with Crippen molar-refractivity contribution in [2.45, 2.75) is 26.3 Å². The number of esters is 1. The number of benzene rings is 2. The van der Waals surface area contributed by atoms with Crippen molar-refractivity contribution in [1.29, 1.82) is 0 Å². The summed E-state index contributed by atoms with van der Waals surface area (Å²) in [6.07, 6.45) is 2.80. The van der Waals surface area contributed by atoms with E-state index in [2.05, 4.69) is 34.0 Å². The normalized spacial score (nSPS) is 11.0. The summed E-state index contributed by atoms with van der Waals surface area (Å²) in [5.74, 6) is -0.452. The van der Waals surface area contributed by atoms with Crippen molar-refractivity contribution in [3.05, 3.63) is 82.5 Å². The molecule has 0 bridgehead atoms. The van der Waals surface area contributed by atoms with E-state index < -0.39 is 11.9 Å². The SMILES string of the molecule is COC(=O)c1ccc(NC(=O)Cn2cnc3c(cnn3-c3ccc(C(C)C)cc3)c2=O)cc1. The van der Waals surface area contributed by atoms with Crippen molar-refractivity contribution < 1.29 is 14.3 Å². The summed E-state index contributed by atoms with van der Waals surface area (Å²) < 4.78 is 7.49. The van der Waals surface area contributed by atoms with Crippen molar-refractivity contribution in [2.24, 2.45) is 0 Å². The molecule has 0 aliphatic rings. The van der Waals surface area contributed by atoms with E-state index in [1.165, 1.54) is 29.8 Å². The van der Waals surface area contributed by atoms with Gasteiger partial charge in [-0.15, -0.1) is 0 Å². The molecule has 4 rings (SSSR count). The maximum absolute atomic E-state index is 12.9. The molecule has 2 aromatic carbocycles. The Morgan fingerprint density at radius 1 is 1.06 bits per heavy atom. The fourth-order valence-corrected chi connectivity index (χ4v) is 3.41. The first-order valence-corrected chi connectivity index (χ1v) is 10.4. The maximum Gasteiger partial charge on any atom is 0.337 e. The van der Waals surface area contributed by atoms with Gasteiger partial charge >= 0.3 is 5.97 Å². The van der Waals surface area contributed by atoms with E-state index in [0.29, 0.717) is 28.2 Å². The van der Waals surface area contributed by atoms with Gasteiger partial charge in [0.25, 0.3) is 5.56 Å². The second-order valence-electron chi connectivity index (χ2n) is 7.83. The molecule has 0 aliphatic heterocycles. The van der Waals surface area contributed by atoms with Gasteiger partial charge in [-0.05, 0) is 47.9 Å². The Hall–Kier alpha value is -4.27. The molecule has 2 aromatic heterocycles. The van der Waals surface area contributed by atoms with Gasteiger partial charge in [0.2, 0.25) is 5.91 Å². The third-order valence-electron chi connectivity index (χ3n) is 5.26. The fourth-order valence-electron chi connectivity index (χ4n) is 3.41. The first-order valence-electron chi connectivity index (χ1n) is 10.4. The highest BCUT2D eigenvalue weighted by molar-refractivity contribution is 5.93. The van der Waals surface area contributed by atoms with E-state index >= 15 is 0 Å². The minimum absolute atomic E-state index is 0.214. The van der Waals surface area contributed by atoms with E-state index in [0.717, 1.165) is 5.69 Å². The Morgan fingerprint density at radius 3 is 2.39 bits per heavy atom. The molecule has 9 nitrogen and oxygen atoms in total. The van der Waals surface area contributed by atoms with Crippen LogP contribution in [0.15, 0.2) is 65.8 Å². The van der Waals surface area contributed by atoms with Crippen LogP contribution in [0, 0.1) is 0 Å². The molecule has 0 saturated heterocycles. The molecule has 4 aromatic rings. The lowest BCUT2D eigenvalue weighted by Crippen LogP contribution is -2.27. The average molecular weight is 445 g/mol. The molecular formula is C24H23N5O4. The fraction of sp³-hybridized carbons (Fsp3) is 0.208. The Kier molecular flexibility index (Phi) is 6.03. The standard InChI is InChI=1S/C24H23N5O4/c1-15(2)16-6-10-19(11-7-16)29-22-20(12-26-29)23(31)28(14-25-22)13-21(30)27-18-8-4-17(5-9-18)24(32)33-3/h4-12,14-15H,13H2,1-3H3,(H,27,30). The first kappa shape index (κ1) is 21.9. The van der Waals surface area contributed by atoms with Crippen LogP contribution in [-0.2, 0) is 16.1 Å².